The summed E-state index contributed by atoms with van der Waals surface area (Å²) >= 11 is 1.46. The van der Waals surface area contributed by atoms with Crippen LogP contribution >= 0.6 is 11.3 Å². The number of nitrogens with one attached hydrogen (secondary N) is 3. The number of hydrogen-bond acceptors (Lipinski definition) is 11. The third-order valence-corrected chi connectivity index (χ3v) is 9.06. The Hall–Kier alpha value is -5.02. The zero-order valence-corrected chi connectivity index (χ0v) is 29.3. The normalized spacial score (nSPS) is 13.3. The van der Waals surface area contributed by atoms with Gasteiger partial charge in [-0.2, -0.15) is 0 Å². The first-order valence-corrected chi connectivity index (χ1v) is 17.5. The van der Waals surface area contributed by atoms with E-state index in [-0.39, 0.29) is 0 Å². The number of hydrogen-bond donors (Lipinski definition) is 3. The van der Waals surface area contributed by atoms with Gasteiger partial charge in [0.25, 0.3) is 5.91 Å². The Bertz CT molecular complexity index is 1920. The summed E-state index contributed by atoms with van der Waals surface area (Å²) in [5, 5.41) is 10.1. The number of morpholine rings is 1. The number of ether oxygens (including phenoxy) is 2. The zero-order chi connectivity index (χ0) is 35.6. The van der Waals surface area contributed by atoms with Crippen LogP contribution in [0.15, 0.2) is 79.0 Å². The number of aromatic nitrogens is 3. The van der Waals surface area contributed by atoms with Gasteiger partial charge in [0.15, 0.2) is 5.13 Å². The molecule has 1 amide bonds. The number of carbonyl (C=O) groups is 1. The Labute approximate surface area is 299 Å². The zero-order valence-electron chi connectivity index (χ0n) is 28.5. The Morgan fingerprint density at radius 1 is 0.980 bits per heavy atom. The molecular formula is C37H40F2N8O3S. The van der Waals surface area contributed by atoms with E-state index < -0.39 is 23.1 Å². The monoisotopic (exact) mass is 714 g/mol. The summed E-state index contributed by atoms with van der Waals surface area (Å²) < 4.78 is 40.0. The van der Waals surface area contributed by atoms with E-state index in [1.807, 2.05) is 50.5 Å². The molecule has 0 radical (unpaired) electrons. The highest BCUT2D eigenvalue weighted by Crippen LogP contribution is 2.39. The van der Waals surface area contributed by atoms with Crippen LogP contribution in [0.5, 0.6) is 5.75 Å². The number of benzene rings is 3. The van der Waals surface area contributed by atoms with Crippen LogP contribution in [0.2, 0.25) is 0 Å². The van der Waals surface area contributed by atoms with Crippen molar-refractivity contribution in [2.24, 2.45) is 0 Å². The Balaban J connectivity index is 1.24. The van der Waals surface area contributed by atoms with Crippen LogP contribution in [0.1, 0.15) is 16.8 Å². The van der Waals surface area contributed by atoms with Gasteiger partial charge in [0.2, 0.25) is 5.95 Å². The van der Waals surface area contributed by atoms with Crippen molar-refractivity contribution in [2.75, 3.05) is 82.6 Å². The van der Waals surface area contributed by atoms with E-state index in [0.717, 1.165) is 80.8 Å². The molecule has 0 spiro atoms. The third kappa shape index (κ3) is 9.82. The van der Waals surface area contributed by atoms with Gasteiger partial charge in [-0.15, -0.1) is 0 Å². The number of carbonyl (C=O) groups excluding carboxylic acids is 1. The molecule has 2 aromatic heterocycles. The van der Waals surface area contributed by atoms with Crippen molar-refractivity contribution in [3.63, 3.8) is 0 Å². The summed E-state index contributed by atoms with van der Waals surface area (Å²) in [5.74, 6) is -1.64. The van der Waals surface area contributed by atoms with Gasteiger partial charge < -0.3 is 30.3 Å². The molecule has 0 saturated carbocycles. The van der Waals surface area contributed by atoms with Crippen molar-refractivity contribution in [1.82, 2.24) is 24.8 Å². The van der Waals surface area contributed by atoms with Crippen LogP contribution in [0.25, 0.3) is 21.8 Å². The van der Waals surface area contributed by atoms with Gasteiger partial charge in [-0.25, -0.2) is 23.7 Å². The molecule has 5 aromatic rings. The molecule has 1 aliphatic heterocycles. The molecule has 0 bridgehead atoms. The standard InChI is InChI=1S/C37H40F2N8O3S/c1-46(2)17-22-50-28-10-4-9-27(24-28)43-36-40-15-13-31(44-36)34-33(45-37(51-34)41-14-6-16-47-18-20-49-21-19-47)25-7-3-8-26(23-25)42-35(48)32-29(38)11-5-12-30(32)39/h3-5,7-13,15,23-24H,6,14,16-22H2,1-2H3,(H,41,45)(H,42,48)(H,40,43,44). The predicted octanol–water partition coefficient (Wildman–Crippen LogP) is 6.62. The number of amides is 1. The van der Waals surface area contributed by atoms with Crippen LogP contribution in [-0.2, 0) is 4.74 Å². The quantitative estimate of drug-likeness (QED) is 0.102. The Kier molecular flexibility index (Phi) is 12.1. The molecule has 14 heteroatoms. The van der Waals surface area contributed by atoms with Crippen molar-refractivity contribution in [3.05, 3.63) is 96.2 Å². The molecular weight excluding hydrogens is 675 g/mol. The number of anilines is 4. The van der Waals surface area contributed by atoms with Crippen molar-refractivity contribution < 1.29 is 23.0 Å². The fourth-order valence-corrected chi connectivity index (χ4v) is 6.41. The van der Waals surface area contributed by atoms with Crippen LogP contribution in [0.3, 0.4) is 0 Å². The topological polar surface area (TPSA) is 117 Å². The van der Waals surface area contributed by atoms with Gasteiger partial charge >= 0.3 is 0 Å². The number of halogens is 2. The van der Waals surface area contributed by atoms with Gasteiger partial charge in [0, 0.05) is 55.4 Å². The second-order valence-electron chi connectivity index (χ2n) is 12.1. The molecule has 6 rings (SSSR count). The summed E-state index contributed by atoms with van der Waals surface area (Å²) in [4.78, 5) is 32.4. The minimum Gasteiger partial charge on any atom is -0.492 e. The molecule has 1 fully saturated rings. The van der Waals surface area contributed by atoms with E-state index in [9.17, 15) is 13.6 Å². The maximum absolute atomic E-state index is 14.3. The second kappa shape index (κ2) is 17.3. The van der Waals surface area contributed by atoms with Crippen molar-refractivity contribution in [3.8, 4) is 27.6 Å². The fourth-order valence-electron chi connectivity index (χ4n) is 5.42. The van der Waals surface area contributed by atoms with Crippen molar-refractivity contribution in [1.29, 1.82) is 0 Å². The molecule has 51 heavy (non-hydrogen) atoms. The first-order chi connectivity index (χ1) is 24.8. The summed E-state index contributed by atoms with van der Waals surface area (Å²) in [6.07, 6.45) is 2.61. The number of thiazole rings is 1. The number of nitrogens with zero attached hydrogens (tertiary/aromatic N) is 5. The lowest BCUT2D eigenvalue weighted by atomic mass is 10.1. The molecule has 11 nitrogen and oxygen atoms in total. The predicted molar refractivity (Wildman–Crippen MR) is 197 cm³/mol. The minimum atomic E-state index is -0.938. The van der Waals surface area contributed by atoms with Gasteiger partial charge in [-0.3, -0.25) is 9.69 Å². The third-order valence-electron chi connectivity index (χ3n) is 8.03. The average Bonchev–Trinajstić information content (AvgIpc) is 3.55. The van der Waals surface area contributed by atoms with Gasteiger partial charge in [0.05, 0.1) is 29.5 Å². The molecule has 0 aliphatic carbocycles. The van der Waals surface area contributed by atoms with E-state index in [1.165, 1.54) is 17.4 Å². The van der Waals surface area contributed by atoms with E-state index in [0.29, 0.717) is 40.3 Å². The SMILES string of the molecule is CN(C)CCOc1cccc(Nc2nccc(-c3sc(NCCCN4CCOCC4)nc3-c3cccc(NC(=O)c4c(F)cccc4F)c3)n2)c1. The average molecular weight is 715 g/mol. The minimum absolute atomic E-state index is 0.358. The van der Waals surface area contributed by atoms with Crippen LogP contribution < -0.4 is 20.7 Å². The summed E-state index contributed by atoms with van der Waals surface area (Å²) in [6, 6.07) is 19.7. The number of likely N-dealkylation sites (N-methyl/N-ethyl adjacent to an activating group) is 1. The molecule has 0 unspecified atom stereocenters. The summed E-state index contributed by atoms with van der Waals surface area (Å²) in [6.45, 7) is 6.40. The van der Waals surface area contributed by atoms with Crippen LogP contribution in [0.4, 0.5) is 31.2 Å². The highest BCUT2D eigenvalue weighted by Gasteiger charge is 2.20. The molecule has 3 N–H and O–H groups in total. The molecule has 1 aliphatic rings. The maximum Gasteiger partial charge on any atom is 0.261 e. The highest BCUT2D eigenvalue weighted by atomic mass is 32.1. The smallest absolute Gasteiger partial charge is 0.261 e. The number of rotatable bonds is 15. The van der Waals surface area contributed by atoms with Crippen molar-refractivity contribution in [2.45, 2.75) is 6.42 Å². The van der Waals surface area contributed by atoms with E-state index >= 15 is 0 Å². The van der Waals surface area contributed by atoms with Crippen molar-refractivity contribution >= 4 is 39.7 Å². The summed E-state index contributed by atoms with van der Waals surface area (Å²) in [5.41, 5.74) is 2.44. The second-order valence-corrected chi connectivity index (χ2v) is 13.1. The van der Waals surface area contributed by atoms with Gasteiger partial charge in [-0.1, -0.05) is 35.6 Å². The molecule has 0 atom stereocenters. The molecule has 266 valence electrons. The summed E-state index contributed by atoms with van der Waals surface area (Å²) in [7, 11) is 3.99. The molecule has 3 aromatic carbocycles. The van der Waals surface area contributed by atoms with E-state index in [2.05, 4.69) is 30.7 Å². The first kappa shape index (κ1) is 35.8. The van der Waals surface area contributed by atoms with Gasteiger partial charge in [-0.05, 0) is 69.5 Å². The lowest BCUT2D eigenvalue weighted by Crippen LogP contribution is -2.37. The fraction of sp³-hybridized carbons (Fsp3) is 0.297. The lowest BCUT2D eigenvalue weighted by molar-refractivity contribution is 0.0378. The Morgan fingerprint density at radius 3 is 2.55 bits per heavy atom. The van der Waals surface area contributed by atoms with E-state index in [1.54, 1.807) is 24.4 Å². The molecule has 3 heterocycles. The van der Waals surface area contributed by atoms with Gasteiger partial charge in [0.1, 0.15) is 29.6 Å². The highest BCUT2D eigenvalue weighted by molar-refractivity contribution is 7.19. The van der Waals surface area contributed by atoms with Crippen LogP contribution in [-0.4, -0.2) is 97.3 Å². The maximum atomic E-state index is 14.3. The first-order valence-electron chi connectivity index (χ1n) is 16.7. The largest absolute Gasteiger partial charge is 0.492 e. The Morgan fingerprint density at radius 2 is 1.75 bits per heavy atom. The molecule has 1 saturated heterocycles. The lowest BCUT2D eigenvalue weighted by Gasteiger charge is -2.26. The van der Waals surface area contributed by atoms with Crippen LogP contribution in [0, 0.1) is 11.6 Å². The van der Waals surface area contributed by atoms with E-state index in [4.69, 9.17) is 19.4 Å².